The van der Waals surface area contributed by atoms with Crippen LogP contribution in [0.4, 0.5) is 4.39 Å². The lowest BCUT2D eigenvalue weighted by Crippen LogP contribution is -1.89. The van der Waals surface area contributed by atoms with Crippen LogP contribution in [0, 0.1) is 24.1 Å². The van der Waals surface area contributed by atoms with E-state index < -0.39 is 5.82 Å². The number of allylic oxidation sites excluding steroid dienone is 4. The van der Waals surface area contributed by atoms with Crippen LogP contribution in [0.5, 0.6) is 5.75 Å². The molecular weight excluding hydrogens is 289 g/mol. The first kappa shape index (κ1) is 16.3. The number of phenols is 1. The zero-order valence-corrected chi connectivity index (χ0v) is 12.8. The molecule has 2 nitrogen and oxygen atoms in total. The average molecular weight is 305 g/mol. The molecule has 0 bridgehead atoms. The summed E-state index contributed by atoms with van der Waals surface area (Å²) < 4.78 is 14.3. The van der Waals surface area contributed by atoms with Gasteiger partial charge in [-0.15, -0.1) is 0 Å². The van der Waals surface area contributed by atoms with E-state index in [0.29, 0.717) is 16.7 Å². The van der Waals surface area contributed by atoms with Crippen LogP contribution >= 0.6 is 0 Å². The van der Waals surface area contributed by atoms with Crippen molar-refractivity contribution in [3.05, 3.63) is 84.2 Å². The molecule has 2 aromatic carbocycles. The highest BCUT2D eigenvalue weighted by atomic mass is 19.1. The number of aryl methyl sites for hydroxylation is 1. The fourth-order valence-corrected chi connectivity index (χ4v) is 2.12. The smallest absolute Gasteiger partial charge is 0.131 e. The Bertz CT molecular complexity index is 856. The summed E-state index contributed by atoms with van der Waals surface area (Å²) in [6.45, 7) is 9.13. The Morgan fingerprint density at radius 3 is 2.39 bits per heavy atom. The van der Waals surface area contributed by atoms with Gasteiger partial charge in [0.15, 0.2) is 0 Å². The highest BCUT2D eigenvalue weighted by Crippen LogP contribution is 2.28. The average Bonchev–Trinajstić information content (AvgIpc) is 2.54. The lowest BCUT2D eigenvalue weighted by Gasteiger charge is -2.08. The summed E-state index contributed by atoms with van der Waals surface area (Å²) in [7, 11) is 0. The van der Waals surface area contributed by atoms with Gasteiger partial charge >= 0.3 is 0 Å². The number of nitriles is 1. The SMILES string of the molecule is C=C(C#N)/C=C\C(=C)c1ccc(-c2ccc(O)c(C)c2)cc1F. The van der Waals surface area contributed by atoms with Gasteiger partial charge in [0.25, 0.3) is 0 Å². The number of aromatic hydroxyl groups is 1. The van der Waals surface area contributed by atoms with Crippen LogP contribution in [0.2, 0.25) is 0 Å². The number of nitrogens with zero attached hydrogens (tertiary/aromatic N) is 1. The monoisotopic (exact) mass is 305 g/mol. The zero-order valence-electron chi connectivity index (χ0n) is 12.8. The van der Waals surface area contributed by atoms with Crippen LogP contribution in [-0.4, -0.2) is 5.11 Å². The fraction of sp³-hybridized carbons (Fsp3) is 0.0500. The summed E-state index contributed by atoms with van der Waals surface area (Å²) in [5, 5.41) is 18.2. The summed E-state index contributed by atoms with van der Waals surface area (Å²) in [6.07, 6.45) is 3.06. The van der Waals surface area contributed by atoms with E-state index in [2.05, 4.69) is 13.2 Å². The molecule has 0 saturated carbocycles. The van der Waals surface area contributed by atoms with E-state index in [1.807, 2.05) is 6.07 Å². The fourth-order valence-electron chi connectivity index (χ4n) is 2.12. The Labute approximate surface area is 135 Å². The van der Waals surface area contributed by atoms with Gasteiger partial charge in [-0.3, -0.25) is 0 Å². The van der Waals surface area contributed by atoms with E-state index in [4.69, 9.17) is 5.26 Å². The highest BCUT2D eigenvalue weighted by Gasteiger charge is 2.08. The van der Waals surface area contributed by atoms with Crippen LogP contribution in [0.25, 0.3) is 16.7 Å². The van der Waals surface area contributed by atoms with E-state index in [9.17, 15) is 9.50 Å². The van der Waals surface area contributed by atoms with Crippen LogP contribution in [0.1, 0.15) is 11.1 Å². The summed E-state index contributed by atoms with van der Waals surface area (Å²) >= 11 is 0. The van der Waals surface area contributed by atoms with Gasteiger partial charge in [-0.2, -0.15) is 5.26 Å². The number of hydrogen-bond donors (Lipinski definition) is 1. The normalized spacial score (nSPS) is 10.5. The van der Waals surface area contributed by atoms with Gasteiger partial charge < -0.3 is 5.11 Å². The van der Waals surface area contributed by atoms with E-state index in [1.165, 1.54) is 12.1 Å². The molecular formula is C20H16FNO. The predicted octanol–water partition coefficient (Wildman–Crippen LogP) is 5.16. The van der Waals surface area contributed by atoms with E-state index >= 15 is 0 Å². The van der Waals surface area contributed by atoms with Gasteiger partial charge in [0.1, 0.15) is 11.6 Å². The molecule has 0 unspecified atom stereocenters. The summed E-state index contributed by atoms with van der Waals surface area (Å²) in [4.78, 5) is 0. The quantitative estimate of drug-likeness (QED) is 0.626. The largest absolute Gasteiger partial charge is 0.508 e. The number of hydrogen-bond acceptors (Lipinski definition) is 2. The Morgan fingerprint density at radius 1 is 1.13 bits per heavy atom. The second-order valence-electron chi connectivity index (χ2n) is 5.19. The van der Waals surface area contributed by atoms with Gasteiger partial charge in [-0.05, 0) is 53.5 Å². The first-order valence-corrected chi connectivity index (χ1v) is 6.98. The van der Waals surface area contributed by atoms with Crippen molar-refractivity contribution in [1.82, 2.24) is 0 Å². The number of rotatable bonds is 4. The third-order valence-electron chi connectivity index (χ3n) is 3.47. The Kier molecular flexibility index (Phi) is 4.78. The minimum Gasteiger partial charge on any atom is -0.508 e. The van der Waals surface area contributed by atoms with Crippen molar-refractivity contribution in [1.29, 1.82) is 5.26 Å². The second kappa shape index (κ2) is 6.76. The molecule has 0 saturated heterocycles. The van der Waals surface area contributed by atoms with Crippen LogP contribution in [0.15, 0.2) is 67.3 Å². The van der Waals surface area contributed by atoms with Crippen LogP contribution < -0.4 is 0 Å². The molecule has 0 aromatic heterocycles. The lowest BCUT2D eigenvalue weighted by atomic mass is 9.98. The lowest BCUT2D eigenvalue weighted by molar-refractivity contribution is 0.471. The van der Waals surface area contributed by atoms with Gasteiger partial charge in [0, 0.05) is 11.1 Å². The third kappa shape index (κ3) is 3.75. The summed E-state index contributed by atoms with van der Waals surface area (Å²) in [5.74, 6) is -0.187. The van der Waals surface area contributed by atoms with Gasteiger partial charge in [-0.1, -0.05) is 37.4 Å². The predicted molar refractivity (Wildman–Crippen MR) is 91.2 cm³/mol. The molecule has 0 aliphatic carbocycles. The standard InChI is InChI=1S/C20H16FNO/c1-13(12-22)4-5-14(2)18-8-6-17(11-19(18)21)16-7-9-20(23)15(3)10-16/h4-11,23H,1-2H2,3H3/b5-4-. The first-order valence-electron chi connectivity index (χ1n) is 6.98. The minimum absolute atomic E-state index is 0.210. The topological polar surface area (TPSA) is 44.0 Å². The van der Waals surface area contributed by atoms with Gasteiger partial charge in [0.05, 0.1) is 6.07 Å². The summed E-state index contributed by atoms with van der Waals surface area (Å²) in [6, 6.07) is 11.9. The molecule has 0 amide bonds. The molecule has 23 heavy (non-hydrogen) atoms. The Hall–Kier alpha value is -3.12. The zero-order chi connectivity index (χ0) is 17.0. The van der Waals surface area contributed by atoms with Crippen molar-refractivity contribution in [2.45, 2.75) is 6.92 Å². The number of benzene rings is 2. The molecule has 0 aliphatic rings. The number of halogens is 1. The van der Waals surface area contributed by atoms with Crippen molar-refractivity contribution in [2.75, 3.05) is 0 Å². The second-order valence-corrected chi connectivity index (χ2v) is 5.19. The van der Waals surface area contributed by atoms with Crippen molar-refractivity contribution in [2.24, 2.45) is 0 Å². The molecule has 0 atom stereocenters. The van der Waals surface area contributed by atoms with E-state index in [-0.39, 0.29) is 11.3 Å². The molecule has 114 valence electrons. The summed E-state index contributed by atoms with van der Waals surface area (Å²) in [5.41, 5.74) is 3.38. The Balaban J connectivity index is 2.32. The molecule has 0 heterocycles. The van der Waals surface area contributed by atoms with E-state index in [1.54, 1.807) is 43.3 Å². The Morgan fingerprint density at radius 2 is 1.78 bits per heavy atom. The molecule has 0 spiro atoms. The maximum Gasteiger partial charge on any atom is 0.131 e. The minimum atomic E-state index is -0.398. The molecule has 1 N–H and O–H groups in total. The van der Waals surface area contributed by atoms with Crippen LogP contribution in [-0.2, 0) is 0 Å². The molecule has 0 fully saturated rings. The highest BCUT2D eigenvalue weighted by molar-refractivity contribution is 5.76. The van der Waals surface area contributed by atoms with Crippen molar-refractivity contribution < 1.29 is 9.50 Å². The van der Waals surface area contributed by atoms with Gasteiger partial charge in [-0.25, -0.2) is 4.39 Å². The molecule has 2 rings (SSSR count). The maximum atomic E-state index is 14.3. The van der Waals surface area contributed by atoms with Gasteiger partial charge in [0.2, 0.25) is 0 Å². The van der Waals surface area contributed by atoms with Crippen molar-refractivity contribution in [3.63, 3.8) is 0 Å². The van der Waals surface area contributed by atoms with Crippen LogP contribution in [0.3, 0.4) is 0 Å². The molecule has 2 aromatic rings. The van der Waals surface area contributed by atoms with E-state index in [0.717, 1.165) is 11.1 Å². The molecule has 3 heteroatoms. The molecule has 0 aliphatic heterocycles. The van der Waals surface area contributed by atoms with Crippen molar-refractivity contribution >= 4 is 5.57 Å². The maximum absolute atomic E-state index is 14.3. The third-order valence-corrected chi connectivity index (χ3v) is 3.47. The number of phenolic OH excluding ortho intramolecular Hbond substituents is 1. The van der Waals surface area contributed by atoms with Crippen molar-refractivity contribution in [3.8, 4) is 22.9 Å². The first-order chi connectivity index (χ1) is 10.9. The molecule has 0 radical (unpaired) electrons.